The number of benzene rings is 1. The van der Waals surface area contributed by atoms with Gasteiger partial charge in [0, 0.05) is 15.7 Å². The molecule has 1 amide bonds. The SMILES string of the molecule is C#CCN(CC(=O)O)C(=O)c1ccc(Br)c(N)c1. The highest BCUT2D eigenvalue weighted by Crippen LogP contribution is 2.21. The lowest BCUT2D eigenvalue weighted by molar-refractivity contribution is -0.137. The summed E-state index contributed by atoms with van der Waals surface area (Å²) in [6, 6.07) is 4.64. The summed E-state index contributed by atoms with van der Waals surface area (Å²) in [4.78, 5) is 23.7. The number of rotatable bonds is 4. The molecule has 0 spiro atoms. The molecule has 1 rings (SSSR count). The molecule has 18 heavy (non-hydrogen) atoms. The predicted octanol–water partition coefficient (Wildman–Crippen LogP) is 1.19. The molecule has 0 aliphatic carbocycles. The summed E-state index contributed by atoms with van der Waals surface area (Å²) in [7, 11) is 0. The quantitative estimate of drug-likeness (QED) is 0.646. The fourth-order valence-electron chi connectivity index (χ4n) is 1.33. The van der Waals surface area contributed by atoms with E-state index in [4.69, 9.17) is 17.3 Å². The van der Waals surface area contributed by atoms with E-state index in [-0.39, 0.29) is 6.54 Å². The number of hydrogen-bond donors (Lipinski definition) is 2. The minimum Gasteiger partial charge on any atom is -0.480 e. The van der Waals surface area contributed by atoms with Gasteiger partial charge in [0.25, 0.3) is 5.91 Å². The van der Waals surface area contributed by atoms with Crippen molar-refractivity contribution in [3.8, 4) is 12.3 Å². The first-order valence-corrected chi connectivity index (χ1v) is 5.74. The standard InChI is InChI=1S/C12H11BrN2O3/c1-2-5-15(7-11(16)17)12(18)8-3-4-9(13)10(14)6-8/h1,3-4,6H,5,7,14H2,(H,16,17). The van der Waals surface area contributed by atoms with Crippen molar-refractivity contribution in [2.24, 2.45) is 0 Å². The van der Waals surface area contributed by atoms with Gasteiger partial charge in [0.2, 0.25) is 0 Å². The van der Waals surface area contributed by atoms with Crippen LogP contribution in [0.1, 0.15) is 10.4 Å². The Labute approximate surface area is 113 Å². The van der Waals surface area contributed by atoms with E-state index in [2.05, 4.69) is 21.9 Å². The van der Waals surface area contributed by atoms with Crippen molar-refractivity contribution in [1.29, 1.82) is 0 Å². The molecule has 0 unspecified atom stereocenters. The van der Waals surface area contributed by atoms with E-state index in [1.807, 2.05) is 0 Å². The zero-order chi connectivity index (χ0) is 13.7. The summed E-state index contributed by atoms with van der Waals surface area (Å²) in [5, 5.41) is 8.71. The summed E-state index contributed by atoms with van der Waals surface area (Å²) in [6.45, 7) is -0.514. The fraction of sp³-hybridized carbons (Fsp3) is 0.167. The van der Waals surface area contributed by atoms with Crippen LogP contribution in [0.4, 0.5) is 5.69 Å². The monoisotopic (exact) mass is 310 g/mol. The summed E-state index contributed by atoms with van der Waals surface area (Å²) < 4.78 is 0.667. The molecule has 5 nitrogen and oxygen atoms in total. The van der Waals surface area contributed by atoms with Gasteiger partial charge in [-0.3, -0.25) is 9.59 Å². The summed E-state index contributed by atoms with van der Waals surface area (Å²) in [5.74, 6) is 0.666. The largest absolute Gasteiger partial charge is 0.480 e. The van der Waals surface area contributed by atoms with E-state index >= 15 is 0 Å². The number of carboxylic acids is 1. The molecule has 1 aromatic rings. The van der Waals surface area contributed by atoms with E-state index in [0.29, 0.717) is 15.7 Å². The Morgan fingerprint density at radius 2 is 2.17 bits per heavy atom. The van der Waals surface area contributed by atoms with Crippen LogP contribution in [-0.4, -0.2) is 35.0 Å². The minimum absolute atomic E-state index is 0.0684. The number of carbonyl (C=O) groups is 2. The van der Waals surface area contributed by atoms with Crippen molar-refractivity contribution in [2.75, 3.05) is 18.8 Å². The van der Waals surface area contributed by atoms with Gasteiger partial charge < -0.3 is 15.7 Å². The molecule has 0 aliphatic rings. The number of carboxylic acid groups (broad SMARTS) is 1. The van der Waals surface area contributed by atoms with Gasteiger partial charge in [-0.25, -0.2) is 0 Å². The molecule has 0 atom stereocenters. The molecular weight excluding hydrogens is 300 g/mol. The number of hydrogen-bond acceptors (Lipinski definition) is 3. The molecule has 0 radical (unpaired) electrons. The third-order valence-electron chi connectivity index (χ3n) is 2.14. The first-order valence-electron chi connectivity index (χ1n) is 4.95. The second-order valence-electron chi connectivity index (χ2n) is 3.50. The number of aliphatic carboxylic acids is 1. The lowest BCUT2D eigenvalue weighted by Gasteiger charge is -2.18. The van der Waals surface area contributed by atoms with E-state index in [0.717, 1.165) is 4.90 Å². The average molecular weight is 311 g/mol. The molecule has 3 N–H and O–H groups in total. The van der Waals surface area contributed by atoms with Gasteiger partial charge in [-0.15, -0.1) is 6.42 Å². The number of anilines is 1. The topological polar surface area (TPSA) is 83.6 Å². The van der Waals surface area contributed by atoms with Crippen molar-refractivity contribution in [3.05, 3.63) is 28.2 Å². The van der Waals surface area contributed by atoms with E-state index in [1.165, 1.54) is 6.07 Å². The molecular formula is C12H11BrN2O3. The lowest BCUT2D eigenvalue weighted by atomic mass is 10.1. The number of amides is 1. The maximum Gasteiger partial charge on any atom is 0.323 e. The van der Waals surface area contributed by atoms with E-state index in [1.54, 1.807) is 12.1 Å². The minimum atomic E-state index is -1.12. The van der Waals surface area contributed by atoms with Crippen LogP contribution < -0.4 is 5.73 Å². The fourth-order valence-corrected chi connectivity index (χ4v) is 1.58. The third-order valence-corrected chi connectivity index (χ3v) is 2.86. The van der Waals surface area contributed by atoms with Crippen molar-refractivity contribution < 1.29 is 14.7 Å². The Morgan fingerprint density at radius 3 is 2.67 bits per heavy atom. The Bertz CT molecular complexity index is 523. The number of carbonyl (C=O) groups excluding carboxylic acids is 1. The summed E-state index contributed by atoms with van der Waals surface area (Å²) >= 11 is 3.21. The van der Waals surface area contributed by atoms with Gasteiger partial charge in [-0.2, -0.15) is 0 Å². The van der Waals surface area contributed by atoms with Crippen LogP contribution in [0.5, 0.6) is 0 Å². The normalized spacial score (nSPS) is 9.56. The number of terminal acetylenes is 1. The second-order valence-corrected chi connectivity index (χ2v) is 4.35. The molecule has 0 fully saturated rings. The Hall–Kier alpha value is -2.00. The van der Waals surface area contributed by atoms with Gasteiger partial charge in [-0.05, 0) is 34.1 Å². The smallest absolute Gasteiger partial charge is 0.323 e. The third kappa shape index (κ3) is 3.50. The lowest BCUT2D eigenvalue weighted by Crippen LogP contribution is -2.36. The molecule has 0 bridgehead atoms. The Balaban J connectivity index is 2.98. The van der Waals surface area contributed by atoms with Crippen LogP contribution in [0, 0.1) is 12.3 Å². The number of nitrogen functional groups attached to an aromatic ring is 1. The number of nitrogens with zero attached hydrogens (tertiary/aromatic N) is 1. The maximum absolute atomic E-state index is 12.0. The van der Waals surface area contributed by atoms with Crippen molar-refractivity contribution in [1.82, 2.24) is 4.90 Å². The van der Waals surface area contributed by atoms with Crippen LogP contribution >= 0.6 is 15.9 Å². The molecule has 0 saturated heterocycles. The second kappa shape index (κ2) is 6.07. The zero-order valence-corrected chi connectivity index (χ0v) is 11.0. The summed E-state index contributed by atoms with van der Waals surface area (Å²) in [6.07, 6.45) is 5.11. The van der Waals surface area contributed by atoms with Crippen LogP contribution in [0.25, 0.3) is 0 Å². The molecule has 6 heteroatoms. The van der Waals surface area contributed by atoms with E-state index in [9.17, 15) is 9.59 Å². The molecule has 0 saturated carbocycles. The van der Waals surface area contributed by atoms with Gasteiger partial charge >= 0.3 is 5.97 Å². The maximum atomic E-state index is 12.0. The number of nitrogens with two attached hydrogens (primary N) is 1. The molecule has 94 valence electrons. The first-order chi connectivity index (χ1) is 8.45. The molecule has 0 aliphatic heterocycles. The highest BCUT2D eigenvalue weighted by atomic mass is 79.9. The Morgan fingerprint density at radius 1 is 1.50 bits per heavy atom. The number of halogens is 1. The van der Waals surface area contributed by atoms with Crippen LogP contribution in [-0.2, 0) is 4.79 Å². The zero-order valence-electron chi connectivity index (χ0n) is 9.39. The predicted molar refractivity (Wildman–Crippen MR) is 70.9 cm³/mol. The van der Waals surface area contributed by atoms with Crippen LogP contribution in [0.3, 0.4) is 0 Å². The van der Waals surface area contributed by atoms with E-state index < -0.39 is 18.4 Å². The van der Waals surface area contributed by atoms with Crippen molar-refractivity contribution in [2.45, 2.75) is 0 Å². The van der Waals surface area contributed by atoms with Gasteiger partial charge in [0.15, 0.2) is 0 Å². The first kappa shape index (κ1) is 14.1. The van der Waals surface area contributed by atoms with Crippen molar-refractivity contribution >= 4 is 33.5 Å². The summed E-state index contributed by atoms with van der Waals surface area (Å²) in [5.41, 5.74) is 6.36. The van der Waals surface area contributed by atoms with Gasteiger partial charge in [-0.1, -0.05) is 5.92 Å². The van der Waals surface area contributed by atoms with Crippen LogP contribution in [0.2, 0.25) is 0 Å². The average Bonchev–Trinajstić information content (AvgIpc) is 2.31. The Kier molecular flexibility index (Phi) is 4.75. The molecule has 0 aromatic heterocycles. The highest BCUT2D eigenvalue weighted by Gasteiger charge is 2.18. The van der Waals surface area contributed by atoms with Gasteiger partial charge in [0.05, 0.1) is 6.54 Å². The molecule has 0 heterocycles. The molecule has 1 aromatic carbocycles. The highest BCUT2D eigenvalue weighted by molar-refractivity contribution is 9.10. The van der Waals surface area contributed by atoms with Crippen molar-refractivity contribution in [3.63, 3.8) is 0 Å². The van der Waals surface area contributed by atoms with Crippen LogP contribution in [0.15, 0.2) is 22.7 Å². The van der Waals surface area contributed by atoms with Gasteiger partial charge in [0.1, 0.15) is 6.54 Å².